The standard InChI is InChI=1S/C16H23FN2/c1-13(14-5-7-15(17)8-6-14)19-11-3-10-18-9-2-4-16(18)12-19/h5-8,13,16H,2-4,9-12H2,1H3. The molecule has 0 aromatic heterocycles. The van der Waals surface area contributed by atoms with E-state index in [9.17, 15) is 4.39 Å². The van der Waals surface area contributed by atoms with Crippen molar-refractivity contribution in [3.8, 4) is 0 Å². The van der Waals surface area contributed by atoms with Crippen LogP contribution in [0.15, 0.2) is 24.3 Å². The normalized spacial score (nSPS) is 26.9. The average molecular weight is 262 g/mol. The number of benzene rings is 1. The number of nitrogens with zero attached hydrogens (tertiary/aromatic N) is 2. The fourth-order valence-corrected chi connectivity index (χ4v) is 3.54. The SMILES string of the molecule is CC(c1ccc(F)cc1)N1CCCN2CCCC2C1. The van der Waals surface area contributed by atoms with E-state index in [4.69, 9.17) is 0 Å². The molecular weight excluding hydrogens is 239 g/mol. The lowest BCUT2D eigenvalue weighted by atomic mass is 10.1. The average Bonchev–Trinajstić information content (AvgIpc) is 2.76. The van der Waals surface area contributed by atoms with Gasteiger partial charge < -0.3 is 0 Å². The fourth-order valence-electron chi connectivity index (χ4n) is 3.54. The Bertz CT molecular complexity index is 417. The quantitative estimate of drug-likeness (QED) is 0.808. The monoisotopic (exact) mass is 262 g/mol. The third-order valence-electron chi connectivity index (χ3n) is 4.74. The van der Waals surface area contributed by atoms with Crippen LogP contribution >= 0.6 is 0 Å². The third-order valence-corrected chi connectivity index (χ3v) is 4.74. The molecule has 0 radical (unpaired) electrons. The maximum absolute atomic E-state index is 13.0. The van der Waals surface area contributed by atoms with Gasteiger partial charge in [0.15, 0.2) is 0 Å². The highest BCUT2D eigenvalue weighted by molar-refractivity contribution is 5.19. The van der Waals surface area contributed by atoms with E-state index in [1.165, 1.54) is 44.5 Å². The molecule has 1 aromatic carbocycles. The molecule has 0 spiro atoms. The van der Waals surface area contributed by atoms with E-state index < -0.39 is 0 Å². The minimum Gasteiger partial charge on any atom is -0.299 e. The summed E-state index contributed by atoms with van der Waals surface area (Å²) in [7, 11) is 0. The Morgan fingerprint density at radius 3 is 2.63 bits per heavy atom. The molecule has 2 fully saturated rings. The Hall–Kier alpha value is -0.930. The van der Waals surface area contributed by atoms with Crippen LogP contribution in [0.3, 0.4) is 0 Å². The molecule has 0 bridgehead atoms. The summed E-state index contributed by atoms with van der Waals surface area (Å²) in [6.45, 7) is 7.10. The maximum Gasteiger partial charge on any atom is 0.123 e. The molecule has 0 N–H and O–H groups in total. The summed E-state index contributed by atoms with van der Waals surface area (Å²) >= 11 is 0. The molecule has 2 nitrogen and oxygen atoms in total. The van der Waals surface area contributed by atoms with Gasteiger partial charge in [-0.1, -0.05) is 12.1 Å². The van der Waals surface area contributed by atoms with Gasteiger partial charge in [-0.05, 0) is 57.0 Å². The summed E-state index contributed by atoms with van der Waals surface area (Å²) in [5.41, 5.74) is 1.23. The van der Waals surface area contributed by atoms with Gasteiger partial charge in [-0.25, -0.2) is 4.39 Å². The molecule has 1 aromatic rings. The Labute approximate surface area is 115 Å². The van der Waals surface area contributed by atoms with Crippen molar-refractivity contribution in [1.82, 2.24) is 9.80 Å². The number of hydrogen-bond acceptors (Lipinski definition) is 2. The molecule has 104 valence electrons. The van der Waals surface area contributed by atoms with Crippen LogP contribution < -0.4 is 0 Å². The van der Waals surface area contributed by atoms with Crippen LogP contribution in [0.4, 0.5) is 4.39 Å². The zero-order valence-electron chi connectivity index (χ0n) is 11.7. The second kappa shape index (κ2) is 5.59. The van der Waals surface area contributed by atoms with Crippen LogP contribution in [-0.4, -0.2) is 42.0 Å². The maximum atomic E-state index is 13.0. The summed E-state index contributed by atoms with van der Waals surface area (Å²) in [5, 5.41) is 0. The lowest BCUT2D eigenvalue weighted by Crippen LogP contribution is -2.37. The van der Waals surface area contributed by atoms with E-state index in [0.29, 0.717) is 6.04 Å². The molecule has 0 aliphatic carbocycles. The van der Waals surface area contributed by atoms with Crippen molar-refractivity contribution in [3.63, 3.8) is 0 Å². The lowest BCUT2D eigenvalue weighted by Gasteiger charge is -2.30. The Balaban J connectivity index is 1.71. The largest absolute Gasteiger partial charge is 0.299 e. The van der Waals surface area contributed by atoms with E-state index in [2.05, 4.69) is 16.7 Å². The topological polar surface area (TPSA) is 6.48 Å². The van der Waals surface area contributed by atoms with E-state index in [1.54, 1.807) is 12.1 Å². The highest BCUT2D eigenvalue weighted by atomic mass is 19.1. The van der Waals surface area contributed by atoms with Gasteiger partial charge in [-0.2, -0.15) is 0 Å². The van der Waals surface area contributed by atoms with Gasteiger partial charge in [0.05, 0.1) is 0 Å². The number of fused-ring (bicyclic) bond motifs is 1. The Kier molecular flexibility index (Phi) is 3.85. The van der Waals surface area contributed by atoms with Gasteiger partial charge in [0.2, 0.25) is 0 Å². The second-order valence-corrected chi connectivity index (χ2v) is 5.91. The summed E-state index contributed by atoms with van der Waals surface area (Å²) in [5.74, 6) is -0.145. The first-order chi connectivity index (χ1) is 9.24. The van der Waals surface area contributed by atoms with Crippen molar-refractivity contribution < 1.29 is 4.39 Å². The molecule has 2 aliphatic rings. The van der Waals surface area contributed by atoms with E-state index in [1.807, 2.05) is 12.1 Å². The highest BCUT2D eigenvalue weighted by Gasteiger charge is 2.30. The first-order valence-corrected chi connectivity index (χ1v) is 7.47. The Morgan fingerprint density at radius 1 is 1.11 bits per heavy atom. The summed E-state index contributed by atoms with van der Waals surface area (Å²) in [6.07, 6.45) is 3.94. The van der Waals surface area contributed by atoms with Gasteiger partial charge >= 0.3 is 0 Å². The van der Waals surface area contributed by atoms with Crippen LogP contribution in [0, 0.1) is 5.82 Å². The van der Waals surface area contributed by atoms with E-state index in [-0.39, 0.29) is 5.82 Å². The molecule has 0 saturated carbocycles. The molecule has 19 heavy (non-hydrogen) atoms. The molecule has 2 atom stereocenters. The zero-order valence-corrected chi connectivity index (χ0v) is 11.7. The Morgan fingerprint density at radius 2 is 1.84 bits per heavy atom. The van der Waals surface area contributed by atoms with Crippen LogP contribution in [0.1, 0.15) is 37.8 Å². The summed E-state index contributed by atoms with van der Waals surface area (Å²) in [4.78, 5) is 5.22. The molecule has 2 unspecified atom stereocenters. The van der Waals surface area contributed by atoms with E-state index >= 15 is 0 Å². The zero-order chi connectivity index (χ0) is 13.2. The first kappa shape index (κ1) is 13.1. The molecule has 3 rings (SSSR count). The van der Waals surface area contributed by atoms with Gasteiger partial charge in [0.1, 0.15) is 5.82 Å². The van der Waals surface area contributed by atoms with Gasteiger partial charge in [-0.3, -0.25) is 9.80 Å². The molecule has 0 amide bonds. The van der Waals surface area contributed by atoms with Crippen molar-refractivity contribution in [2.45, 2.75) is 38.3 Å². The predicted octanol–water partition coefficient (Wildman–Crippen LogP) is 3.06. The third kappa shape index (κ3) is 2.82. The molecule has 2 saturated heterocycles. The van der Waals surface area contributed by atoms with E-state index in [0.717, 1.165) is 12.6 Å². The van der Waals surface area contributed by atoms with Crippen molar-refractivity contribution in [1.29, 1.82) is 0 Å². The minimum absolute atomic E-state index is 0.145. The van der Waals surface area contributed by atoms with Crippen LogP contribution in [0.25, 0.3) is 0 Å². The molecule has 2 aliphatic heterocycles. The van der Waals surface area contributed by atoms with Crippen molar-refractivity contribution >= 4 is 0 Å². The van der Waals surface area contributed by atoms with Crippen LogP contribution in [0.2, 0.25) is 0 Å². The van der Waals surface area contributed by atoms with Gasteiger partial charge in [-0.15, -0.1) is 0 Å². The van der Waals surface area contributed by atoms with Gasteiger partial charge in [0.25, 0.3) is 0 Å². The van der Waals surface area contributed by atoms with Crippen LogP contribution in [0.5, 0.6) is 0 Å². The number of hydrogen-bond donors (Lipinski definition) is 0. The first-order valence-electron chi connectivity index (χ1n) is 7.47. The summed E-state index contributed by atoms with van der Waals surface area (Å²) in [6, 6.07) is 8.14. The molecular formula is C16H23FN2. The fraction of sp³-hybridized carbons (Fsp3) is 0.625. The van der Waals surface area contributed by atoms with Crippen molar-refractivity contribution in [2.24, 2.45) is 0 Å². The van der Waals surface area contributed by atoms with Gasteiger partial charge in [0, 0.05) is 25.2 Å². The summed E-state index contributed by atoms with van der Waals surface area (Å²) < 4.78 is 13.0. The van der Waals surface area contributed by atoms with Crippen LogP contribution in [-0.2, 0) is 0 Å². The highest BCUT2D eigenvalue weighted by Crippen LogP contribution is 2.27. The predicted molar refractivity (Wildman–Crippen MR) is 75.6 cm³/mol. The number of rotatable bonds is 2. The second-order valence-electron chi connectivity index (χ2n) is 5.91. The smallest absolute Gasteiger partial charge is 0.123 e. The van der Waals surface area contributed by atoms with Crippen molar-refractivity contribution in [2.75, 3.05) is 26.2 Å². The molecule has 3 heteroatoms. The minimum atomic E-state index is -0.145. The lowest BCUT2D eigenvalue weighted by molar-refractivity contribution is 0.182. The number of halogens is 1. The van der Waals surface area contributed by atoms with Crippen molar-refractivity contribution in [3.05, 3.63) is 35.6 Å². The molecule has 2 heterocycles.